The number of hydrogen-bond donors (Lipinski definition) is 3. The van der Waals surface area contributed by atoms with Crippen LogP contribution in [0.2, 0.25) is 0 Å². The second-order valence-corrected chi connectivity index (χ2v) is 8.15. The van der Waals surface area contributed by atoms with Crippen LogP contribution in [0.1, 0.15) is 12.5 Å². The Bertz CT molecular complexity index is 914. The van der Waals surface area contributed by atoms with Crippen LogP contribution in [0.5, 0.6) is 11.5 Å². The van der Waals surface area contributed by atoms with Crippen LogP contribution in [-0.4, -0.2) is 48.2 Å². The van der Waals surface area contributed by atoms with Gasteiger partial charge in [0.1, 0.15) is 17.6 Å². The van der Waals surface area contributed by atoms with E-state index in [1.54, 1.807) is 38.4 Å². The Morgan fingerprint density at radius 3 is 2.41 bits per heavy atom. The van der Waals surface area contributed by atoms with E-state index in [4.69, 9.17) is 9.47 Å². The maximum absolute atomic E-state index is 11.8. The Morgan fingerprint density at radius 2 is 1.79 bits per heavy atom. The number of benzene rings is 2. The Kier molecular flexibility index (Phi) is 8.29. The molecule has 8 nitrogen and oxygen atoms in total. The molecule has 0 saturated carbocycles. The van der Waals surface area contributed by atoms with Crippen LogP contribution in [-0.2, 0) is 16.6 Å². The normalized spacial score (nSPS) is 12.9. The van der Waals surface area contributed by atoms with Gasteiger partial charge in [-0.3, -0.25) is 4.99 Å². The van der Waals surface area contributed by atoms with Crippen LogP contribution in [0, 0.1) is 0 Å². The molecule has 9 heteroatoms. The standard InChI is InChI=1S/C20H28N4O4S/c1-15(28-18-7-5-6-17(12-18)27-4)13-23-20(21-2)24-14-16-8-10-19(11-9-16)29(25,26)22-3/h5-12,15,22H,13-14H2,1-4H3,(H2,21,23,24). The third-order valence-electron chi connectivity index (χ3n) is 4.12. The minimum absolute atomic E-state index is 0.0910. The number of nitrogens with zero attached hydrogens (tertiary/aromatic N) is 1. The molecule has 0 aromatic heterocycles. The van der Waals surface area contributed by atoms with Crippen molar-refractivity contribution in [1.82, 2.24) is 15.4 Å². The highest BCUT2D eigenvalue weighted by Gasteiger charge is 2.11. The van der Waals surface area contributed by atoms with Gasteiger partial charge >= 0.3 is 0 Å². The summed E-state index contributed by atoms with van der Waals surface area (Å²) < 4.78 is 36.9. The summed E-state index contributed by atoms with van der Waals surface area (Å²) in [6, 6.07) is 14.1. The van der Waals surface area contributed by atoms with Gasteiger partial charge in [-0.2, -0.15) is 0 Å². The average Bonchev–Trinajstić information content (AvgIpc) is 2.74. The van der Waals surface area contributed by atoms with Gasteiger partial charge in [0.05, 0.1) is 18.6 Å². The largest absolute Gasteiger partial charge is 0.497 e. The van der Waals surface area contributed by atoms with Gasteiger partial charge in [-0.15, -0.1) is 0 Å². The zero-order valence-electron chi connectivity index (χ0n) is 17.1. The minimum atomic E-state index is -3.43. The molecule has 29 heavy (non-hydrogen) atoms. The molecule has 0 heterocycles. The molecular weight excluding hydrogens is 392 g/mol. The third kappa shape index (κ3) is 6.95. The predicted octanol–water partition coefficient (Wildman–Crippen LogP) is 1.74. The molecular formula is C20H28N4O4S. The van der Waals surface area contributed by atoms with E-state index in [1.807, 2.05) is 31.2 Å². The van der Waals surface area contributed by atoms with E-state index in [1.165, 1.54) is 7.05 Å². The molecule has 0 amide bonds. The van der Waals surface area contributed by atoms with Crippen LogP contribution in [0.25, 0.3) is 0 Å². The van der Waals surface area contributed by atoms with Gasteiger partial charge in [0.25, 0.3) is 0 Å². The first-order valence-electron chi connectivity index (χ1n) is 9.15. The average molecular weight is 421 g/mol. The topological polar surface area (TPSA) is 101 Å². The summed E-state index contributed by atoms with van der Waals surface area (Å²) in [4.78, 5) is 4.42. The van der Waals surface area contributed by atoms with Crippen LogP contribution < -0.4 is 24.8 Å². The van der Waals surface area contributed by atoms with Crippen molar-refractivity contribution in [2.24, 2.45) is 4.99 Å². The number of guanidine groups is 1. The van der Waals surface area contributed by atoms with Gasteiger partial charge in [-0.1, -0.05) is 18.2 Å². The highest BCUT2D eigenvalue weighted by Crippen LogP contribution is 2.19. The Balaban J connectivity index is 1.83. The van der Waals surface area contributed by atoms with Crippen LogP contribution in [0.4, 0.5) is 0 Å². The lowest BCUT2D eigenvalue weighted by Crippen LogP contribution is -2.41. The smallest absolute Gasteiger partial charge is 0.240 e. The van der Waals surface area contributed by atoms with E-state index in [9.17, 15) is 8.42 Å². The molecule has 158 valence electrons. The van der Waals surface area contributed by atoms with Crippen molar-refractivity contribution in [3.63, 3.8) is 0 Å². The summed E-state index contributed by atoms with van der Waals surface area (Å²) in [5.41, 5.74) is 0.934. The summed E-state index contributed by atoms with van der Waals surface area (Å²) >= 11 is 0. The van der Waals surface area contributed by atoms with Crippen molar-refractivity contribution in [2.45, 2.75) is 24.5 Å². The molecule has 0 bridgehead atoms. The number of hydrogen-bond acceptors (Lipinski definition) is 5. The fourth-order valence-corrected chi connectivity index (χ4v) is 3.23. The molecule has 0 saturated heterocycles. The van der Waals surface area contributed by atoms with E-state index in [2.05, 4.69) is 20.3 Å². The number of sulfonamides is 1. The molecule has 0 spiro atoms. The fraction of sp³-hybridized carbons (Fsp3) is 0.350. The van der Waals surface area contributed by atoms with E-state index in [0.717, 1.165) is 17.1 Å². The summed E-state index contributed by atoms with van der Waals surface area (Å²) in [5.74, 6) is 2.10. The maximum Gasteiger partial charge on any atom is 0.240 e. The van der Waals surface area contributed by atoms with Crippen LogP contribution >= 0.6 is 0 Å². The summed E-state index contributed by atoms with van der Waals surface area (Å²) in [7, 11) is 1.26. The Hall–Kier alpha value is -2.78. The number of methoxy groups -OCH3 is 1. The highest BCUT2D eigenvalue weighted by molar-refractivity contribution is 7.89. The van der Waals surface area contributed by atoms with E-state index < -0.39 is 10.0 Å². The third-order valence-corrected chi connectivity index (χ3v) is 5.55. The molecule has 2 aromatic rings. The Labute approximate surface area is 172 Å². The first-order valence-corrected chi connectivity index (χ1v) is 10.6. The predicted molar refractivity (Wildman–Crippen MR) is 114 cm³/mol. The van der Waals surface area contributed by atoms with Crippen molar-refractivity contribution in [3.8, 4) is 11.5 Å². The van der Waals surface area contributed by atoms with E-state index in [0.29, 0.717) is 19.0 Å². The van der Waals surface area contributed by atoms with Crippen molar-refractivity contribution in [2.75, 3.05) is 27.7 Å². The number of aliphatic imine (C=N–C) groups is 1. The molecule has 2 aromatic carbocycles. The lowest BCUT2D eigenvalue weighted by atomic mass is 10.2. The molecule has 0 aliphatic heterocycles. The van der Waals surface area contributed by atoms with E-state index >= 15 is 0 Å². The summed E-state index contributed by atoms with van der Waals surface area (Å²) in [5, 5.41) is 6.40. The Morgan fingerprint density at radius 1 is 1.10 bits per heavy atom. The molecule has 1 atom stereocenters. The zero-order valence-corrected chi connectivity index (χ0v) is 17.9. The monoisotopic (exact) mass is 420 g/mol. The molecule has 2 rings (SSSR count). The van der Waals surface area contributed by atoms with Gasteiger partial charge in [0.2, 0.25) is 10.0 Å². The zero-order chi connectivity index (χ0) is 21.3. The SMILES string of the molecule is CN=C(NCc1ccc(S(=O)(=O)NC)cc1)NCC(C)Oc1cccc(OC)c1. The quantitative estimate of drug-likeness (QED) is 0.422. The van der Waals surface area contributed by atoms with Crippen molar-refractivity contribution in [1.29, 1.82) is 0 Å². The number of rotatable bonds is 9. The van der Waals surface area contributed by atoms with Gasteiger partial charge in [-0.05, 0) is 43.8 Å². The van der Waals surface area contributed by atoms with E-state index in [-0.39, 0.29) is 11.0 Å². The molecule has 0 radical (unpaired) electrons. The second kappa shape index (κ2) is 10.7. The molecule has 1 unspecified atom stereocenters. The first-order chi connectivity index (χ1) is 13.9. The number of ether oxygens (including phenoxy) is 2. The molecule has 0 fully saturated rings. The van der Waals surface area contributed by atoms with Crippen molar-refractivity contribution >= 4 is 16.0 Å². The molecule has 0 aliphatic rings. The lowest BCUT2D eigenvalue weighted by Gasteiger charge is -2.18. The fourth-order valence-electron chi connectivity index (χ4n) is 2.50. The van der Waals surface area contributed by atoms with Gasteiger partial charge in [-0.25, -0.2) is 13.1 Å². The number of nitrogens with one attached hydrogen (secondary N) is 3. The highest BCUT2D eigenvalue weighted by atomic mass is 32.2. The van der Waals surface area contributed by atoms with Gasteiger partial charge < -0.3 is 20.1 Å². The van der Waals surface area contributed by atoms with Crippen LogP contribution in [0.3, 0.4) is 0 Å². The van der Waals surface area contributed by atoms with Crippen LogP contribution in [0.15, 0.2) is 58.4 Å². The molecule has 0 aliphatic carbocycles. The van der Waals surface area contributed by atoms with Crippen molar-refractivity contribution in [3.05, 3.63) is 54.1 Å². The van der Waals surface area contributed by atoms with Crippen molar-refractivity contribution < 1.29 is 17.9 Å². The summed E-state index contributed by atoms with van der Waals surface area (Å²) in [6.45, 7) is 3.02. The molecule has 3 N–H and O–H groups in total. The van der Waals surface area contributed by atoms with Gasteiger partial charge in [0.15, 0.2) is 5.96 Å². The van der Waals surface area contributed by atoms with Gasteiger partial charge in [0, 0.05) is 19.7 Å². The summed E-state index contributed by atoms with van der Waals surface area (Å²) in [6.07, 6.45) is -0.0910. The minimum Gasteiger partial charge on any atom is -0.497 e. The lowest BCUT2D eigenvalue weighted by molar-refractivity contribution is 0.223. The first kappa shape index (κ1) is 22.5. The maximum atomic E-state index is 11.8. The second-order valence-electron chi connectivity index (χ2n) is 6.27.